The van der Waals surface area contributed by atoms with E-state index in [4.69, 9.17) is 9.26 Å². The van der Waals surface area contributed by atoms with Crippen molar-refractivity contribution < 1.29 is 14.1 Å². The van der Waals surface area contributed by atoms with Gasteiger partial charge in [-0.1, -0.05) is 17.3 Å². The van der Waals surface area contributed by atoms with Crippen LogP contribution in [0, 0.1) is 0 Å². The summed E-state index contributed by atoms with van der Waals surface area (Å²) in [4.78, 5) is 22.8. The SMILES string of the molecule is COc1cccc2c1CCN(C(=O)CCc1nc(-c3ncn[nH]3)no1)CC2. The molecule has 1 aliphatic rings. The predicted octanol–water partition coefficient (Wildman–Crippen LogP) is 1.42. The Morgan fingerprint density at radius 2 is 2.22 bits per heavy atom. The molecule has 1 aliphatic heterocycles. The Labute approximate surface area is 155 Å². The lowest BCUT2D eigenvalue weighted by Crippen LogP contribution is -2.33. The summed E-state index contributed by atoms with van der Waals surface area (Å²) >= 11 is 0. The van der Waals surface area contributed by atoms with Crippen LogP contribution in [-0.4, -0.2) is 56.3 Å². The topological polar surface area (TPSA) is 110 Å². The van der Waals surface area contributed by atoms with Gasteiger partial charge in [0.15, 0.2) is 5.82 Å². The van der Waals surface area contributed by atoms with E-state index < -0.39 is 0 Å². The highest BCUT2D eigenvalue weighted by Gasteiger charge is 2.21. The summed E-state index contributed by atoms with van der Waals surface area (Å²) in [6.07, 6.45) is 3.72. The van der Waals surface area contributed by atoms with Crippen LogP contribution in [0.3, 0.4) is 0 Å². The van der Waals surface area contributed by atoms with E-state index in [1.54, 1.807) is 7.11 Å². The average Bonchev–Trinajstić information content (AvgIpc) is 3.33. The number of aromatic amines is 1. The van der Waals surface area contributed by atoms with Crippen molar-refractivity contribution in [2.75, 3.05) is 20.2 Å². The van der Waals surface area contributed by atoms with Gasteiger partial charge in [-0.05, 0) is 30.0 Å². The van der Waals surface area contributed by atoms with Gasteiger partial charge in [-0.15, -0.1) is 0 Å². The zero-order chi connectivity index (χ0) is 18.6. The number of benzene rings is 1. The largest absolute Gasteiger partial charge is 0.496 e. The third-order valence-electron chi connectivity index (χ3n) is 4.73. The quantitative estimate of drug-likeness (QED) is 0.725. The van der Waals surface area contributed by atoms with Crippen molar-refractivity contribution in [3.05, 3.63) is 41.5 Å². The average molecular weight is 368 g/mol. The molecule has 0 bridgehead atoms. The molecular weight excluding hydrogens is 348 g/mol. The van der Waals surface area contributed by atoms with Crippen molar-refractivity contribution in [3.8, 4) is 17.4 Å². The first-order valence-corrected chi connectivity index (χ1v) is 8.85. The summed E-state index contributed by atoms with van der Waals surface area (Å²) in [6.45, 7) is 1.38. The maximum atomic E-state index is 12.6. The molecule has 27 heavy (non-hydrogen) atoms. The Kier molecular flexibility index (Phi) is 4.82. The minimum absolute atomic E-state index is 0.0844. The molecule has 0 fully saturated rings. The number of aryl methyl sites for hydroxylation is 1. The fourth-order valence-electron chi connectivity index (χ4n) is 3.32. The molecule has 1 aromatic carbocycles. The van der Waals surface area contributed by atoms with Crippen LogP contribution < -0.4 is 4.74 Å². The Bertz CT molecular complexity index is 921. The standard InChI is InChI=1S/C18H20N6O3/c1-26-14-4-2-3-12-7-9-24(10-8-13(12)14)16(25)6-5-15-21-18(23-27-15)17-19-11-20-22-17/h2-4,11H,5-10H2,1H3,(H,19,20,22). The van der Waals surface area contributed by atoms with Gasteiger partial charge in [-0.25, -0.2) is 4.98 Å². The van der Waals surface area contributed by atoms with E-state index in [1.807, 2.05) is 17.0 Å². The van der Waals surface area contributed by atoms with Crippen LogP contribution in [0.25, 0.3) is 11.6 Å². The number of carbonyl (C=O) groups is 1. The second kappa shape index (κ2) is 7.56. The fraction of sp³-hybridized carbons (Fsp3) is 0.389. The van der Waals surface area contributed by atoms with Crippen LogP contribution in [0.5, 0.6) is 5.75 Å². The van der Waals surface area contributed by atoms with Gasteiger partial charge in [0.1, 0.15) is 12.1 Å². The molecule has 3 aromatic rings. The van der Waals surface area contributed by atoms with E-state index in [9.17, 15) is 4.79 Å². The van der Waals surface area contributed by atoms with E-state index in [0.717, 1.165) is 18.6 Å². The third-order valence-corrected chi connectivity index (χ3v) is 4.73. The van der Waals surface area contributed by atoms with Gasteiger partial charge >= 0.3 is 0 Å². The molecule has 0 unspecified atom stereocenters. The predicted molar refractivity (Wildman–Crippen MR) is 95.0 cm³/mol. The highest BCUT2D eigenvalue weighted by Crippen LogP contribution is 2.26. The first-order valence-electron chi connectivity index (χ1n) is 8.85. The number of amides is 1. The van der Waals surface area contributed by atoms with Crippen LogP contribution >= 0.6 is 0 Å². The molecule has 9 nitrogen and oxygen atoms in total. The van der Waals surface area contributed by atoms with Gasteiger partial charge in [0.05, 0.1) is 7.11 Å². The second-order valence-corrected chi connectivity index (χ2v) is 6.32. The highest BCUT2D eigenvalue weighted by molar-refractivity contribution is 5.76. The number of ether oxygens (including phenoxy) is 1. The number of hydrogen-bond acceptors (Lipinski definition) is 7. The second-order valence-electron chi connectivity index (χ2n) is 6.32. The molecule has 0 saturated heterocycles. The smallest absolute Gasteiger partial charge is 0.239 e. The Hall–Kier alpha value is -3.23. The minimum atomic E-state index is 0.0844. The maximum Gasteiger partial charge on any atom is 0.239 e. The monoisotopic (exact) mass is 368 g/mol. The summed E-state index contributed by atoms with van der Waals surface area (Å²) < 4.78 is 10.7. The van der Waals surface area contributed by atoms with Crippen LogP contribution in [0.2, 0.25) is 0 Å². The number of hydrogen-bond donors (Lipinski definition) is 1. The zero-order valence-electron chi connectivity index (χ0n) is 15.0. The van der Waals surface area contributed by atoms with E-state index in [0.29, 0.717) is 43.5 Å². The molecule has 1 N–H and O–H groups in total. The molecule has 4 rings (SSSR count). The zero-order valence-corrected chi connectivity index (χ0v) is 15.0. The highest BCUT2D eigenvalue weighted by atomic mass is 16.5. The van der Waals surface area contributed by atoms with Crippen molar-refractivity contribution in [2.45, 2.75) is 25.7 Å². The molecule has 0 spiro atoms. The van der Waals surface area contributed by atoms with E-state index in [1.165, 1.54) is 17.5 Å². The van der Waals surface area contributed by atoms with Crippen LogP contribution in [0.15, 0.2) is 29.0 Å². The Morgan fingerprint density at radius 1 is 1.33 bits per heavy atom. The minimum Gasteiger partial charge on any atom is -0.496 e. The molecule has 2 aromatic heterocycles. The summed E-state index contributed by atoms with van der Waals surface area (Å²) in [6, 6.07) is 6.07. The number of aromatic nitrogens is 5. The summed E-state index contributed by atoms with van der Waals surface area (Å²) in [5.41, 5.74) is 2.45. The van der Waals surface area contributed by atoms with E-state index in [-0.39, 0.29) is 5.91 Å². The summed E-state index contributed by atoms with van der Waals surface area (Å²) in [7, 11) is 1.68. The first kappa shape index (κ1) is 17.2. The number of methoxy groups -OCH3 is 1. The van der Waals surface area contributed by atoms with Gasteiger partial charge in [0.2, 0.25) is 17.6 Å². The number of fused-ring (bicyclic) bond motifs is 1. The van der Waals surface area contributed by atoms with Crippen molar-refractivity contribution in [2.24, 2.45) is 0 Å². The molecule has 0 aliphatic carbocycles. The maximum absolute atomic E-state index is 12.6. The Balaban J connectivity index is 1.35. The van der Waals surface area contributed by atoms with Crippen LogP contribution in [-0.2, 0) is 24.1 Å². The van der Waals surface area contributed by atoms with Crippen molar-refractivity contribution >= 4 is 5.91 Å². The third kappa shape index (κ3) is 3.67. The van der Waals surface area contributed by atoms with E-state index in [2.05, 4.69) is 31.4 Å². The lowest BCUT2D eigenvalue weighted by atomic mass is 10.0. The number of rotatable bonds is 5. The van der Waals surface area contributed by atoms with Crippen LogP contribution in [0.4, 0.5) is 0 Å². The lowest BCUT2D eigenvalue weighted by Gasteiger charge is -2.19. The number of H-pyrrole nitrogens is 1. The lowest BCUT2D eigenvalue weighted by molar-refractivity contribution is -0.131. The molecule has 0 radical (unpaired) electrons. The molecule has 3 heterocycles. The van der Waals surface area contributed by atoms with Gasteiger partial charge in [0.25, 0.3) is 0 Å². The van der Waals surface area contributed by atoms with Gasteiger partial charge in [0, 0.05) is 25.9 Å². The van der Waals surface area contributed by atoms with Crippen molar-refractivity contribution in [1.29, 1.82) is 0 Å². The Morgan fingerprint density at radius 3 is 3.04 bits per heavy atom. The molecule has 0 atom stereocenters. The number of nitrogens with zero attached hydrogens (tertiary/aromatic N) is 5. The molecular formula is C18H20N6O3. The normalized spacial score (nSPS) is 13.9. The molecule has 0 saturated carbocycles. The van der Waals surface area contributed by atoms with Crippen LogP contribution in [0.1, 0.15) is 23.4 Å². The van der Waals surface area contributed by atoms with Gasteiger partial charge in [-0.2, -0.15) is 10.1 Å². The van der Waals surface area contributed by atoms with E-state index >= 15 is 0 Å². The molecule has 140 valence electrons. The molecule has 9 heteroatoms. The van der Waals surface area contributed by atoms with Crippen molar-refractivity contribution in [3.63, 3.8) is 0 Å². The van der Waals surface area contributed by atoms with Crippen molar-refractivity contribution in [1.82, 2.24) is 30.2 Å². The number of carbonyl (C=O) groups excluding carboxylic acids is 1. The molecule has 1 amide bonds. The van der Waals surface area contributed by atoms with Gasteiger partial charge in [-0.3, -0.25) is 9.89 Å². The number of nitrogens with one attached hydrogen (secondary N) is 1. The summed E-state index contributed by atoms with van der Waals surface area (Å²) in [5, 5.41) is 10.3. The van der Waals surface area contributed by atoms with Gasteiger partial charge < -0.3 is 14.2 Å². The fourth-order valence-corrected chi connectivity index (χ4v) is 3.32. The first-order chi connectivity index (χ1) is 13.2. The summed E-state index contributed by atoms with van der Waals surface area (Å²) in [5.74, 6) is 2.17.